The Hall–Kier alpha value is -1.99. The molecule has 0 aliphatic carbocycles. The van der Waals surface area contributed by atoms with E-state index in [1.165, 1.54) is 0 Å². The number of rotatable bonds is 3. The summed E-state index contributed by atoms with van der Waals surface area (Å²) in [4.78, 5) is 19.9. The summed E-state index contributed by atoms with van der Waals surface area (Å²) < 4.78 is 0.700. The van der Waals surface area contributed by atoms with E-state index in [-0.39, 0.29) is 11.6 Å². The smallest absolute Gasteiger partial charge is 0.274 e. The molecule has 0 saturated heterocycles. The van der Waals surface area contributed by atoms with E-state index in [9.17, 15) is 4.79 Å². The Morgan fingerprint density at radius 2 is 2.17 bits per heavy atom. The Balaban J connectivity index is 2.19. The van der Waals surface area contributed by atoms with Gasteiger partial charge in [-0.1, -0.05) is 6.07 Å². The number of hydrogen-bond acceptors (Lipinski definition) is 5. The van der Waals surface area contributed by atoms with Crippen LogP contribution in [0.4, 0.5) is 11.5 Å². The van der Waals surface area contributed by atoms with Crippen molar-refractivity contribution in [2.75, 3.05) is 10.7 Å². The maximum absolute atomic E-state index is 12.0. The molecule has 6 nitrogen and oxygen atoms in total. The van der Waals surface area contributed by atoms with Gasteiger partial charge in [-0.2, -0.15) is 0 Å². The van der Waals surface area contributed by atoms with Gasteiger partial charge in [0.05, 0.1) is 10.2 Å². The van der Waals surface area contributed by atoms with Crippen LogP contribution >= 0.6 is 15.9 Å². The van der Waals surface area contributed by atoms with Crippen LogP contribution in [0.1, 0.15) is 10.5 Å². The highest BCUT2D eigenvalue weighted by molar-refractivity contribution is 9.10. The van der Waals surface area contributed by atoms with E-state index in [0.717, 1.165) is 0 Å². The summed E-state index contributed by atoms with van der Waals surface area (Å²) in [7, 11) is 0. The van der Waals surface area contributed by atoms with E-state index in [4.69, 9.17) is 5.84 Å². The van der Waals surface area contributed by atoms with Gasteiger partial charge in [-0.3, -0.25) is 9.78 Å². The van der Waals surface area contributed by atoms with E-state index >= 15 is 0 Å². The highest BCUT2D eigenvalue weighted by Crippen LogP contribution is 2.20. The third-order valence-corrected chi connectivity index (χ3v) is 2.78. The van der Waals surface area contributed by atoms with Crippen LogP contribution in [0, 0.1) is 0 Å². The van der Waals surface area contributed by atoms with E-state index in [1.807, 2.05) is 0 Å². The number of amides is 1. The van der Waals surface area contributed by atoms with Crippen LogP contribution in [-0.2, 0) is 0 Å². The van der Waals surface area contributed by atoms with Gasteiger partial charge >= 0.3 is 0 Å². The molecule has 2 aromatic heterocycles. The predicted octanol–water partition coefficient (Wildman–Crippen LogP) is 1.78. The number of nitrogen functional groups attached to an aromatic ring is 1. The average Bonchev–Trinajstić information content (AvgIpc) is 2.41. The molecular weight excluding hydrogens is 298 g/mol. The molecule has 2 heterocycles. The van der Waals surface area contributed by atoms with Gasteiger partial charge < -0.3 is 10.7 Å². The Labute approximate surface area is 112 Å². The molecule has 18 heavy (non-hydrogen) atoms. The number of halogens is 1. The quantitative estimate of drug-likeness (QED) is 0.593. The zero-order valence-corrected chi connectivity index (χ0v) is 10.8. The number of carbonyl (C=O) groups excluding carboxylic acids is 1. The first kappa shape index (κ1) is 12.5. The highest BCUT2D eigenvalue weighted by atomic mass is 79.9. The van der Waals surface area contributed by atoms with Gasteiger partial charge in [0.2, 0.25) is 0 Å². The van der Waals surface area contributed by atoms with Crippen LogP contribution < -0.4 is 16.6 Å². The molecule has 2 rings (SSSR count). The van der Waals surface area contributed by atoms with Crippen molar-refractivity contribution in [3.63, 3.8) is 0 Å². The molecule has 0 radical (unpaired) electrons. The maximum atomic E-state index is 12.0. The summed E-state index contributed by atoms with van der Waals surface area (Å²) in [6.07, 6.45) is 3.19. The molecular formula is C11H10BrN5O. The fourth-order valence-corrected chi connectivity index (χ4v) is 1.65. The van der Waals surface area contributed by atoms with Gasteiger partial charge in [0.25, 0.3) is 5.91 Å². The van der Waals surface area contributed by atoms with Crippen LogP contribution in [-0.4, -0.2) is 15.9 Å². The fourth-order valence-electron chi connectivity index (χ4n) is 1.30. The van der Waals surface area contributed by atoms with Gasteiger partial charge in [-0.15, -0.1) is 0 Å². The average molecular weight is 308 g/mol. The monoisotopic (exact) mass is 307 g/mol. The molecule has 0 aliphatic rings. The number of hydrogen-bond donors (Lipinski definition) is 3. The summed E-state index contributed by atoms with van der Waals surface area (Å²) in [6.45, 7) is 0. The lowest BCUT2D eigenvalue weighted by Crippen LogP contribution is -2.16. The van der Waals surface area contributed by atoms with Gasteiger partial charge in [-0.25, -0.2) is 10.8 Å². The minimum absolute atomic E-state index is 0.272. The van der Waals surface area contributed by atoms with Crippen molar-refractivity contribution in [1.82, 2.24) is 9.97 Å². The van der Waals surface area contributed by atoms with Crippen LogP contribution in [0.15, 0.2) is 41.1 Å². The molecule has 1 amide bonds. The molecule has 0 atom stereocenters. The number of carbonyl (C=O) groups is 1. The molecule has 0 aliphatic heterocycles. The predicted molar refractivity (Wildman–Crippen MR) is 71.9 cm³/mol. The number of nitrogens with zero attached hydrogens (tertiary/aromatic N) is 2. The lowest BCUT2D eigenvalue weighted by molar-refractivity contribution is 0.102. The van der Waals surface area contributed by atoms with E-state index < -0.39 is 0 Å². The zero-order valence-electron chi connectivity index (χ0n) is 9.22. The number of nitrogens with two attached hydrogens (primary N) is 1. The van der Waals surface area contributed by atoms with Gasteiger partial charge in [0, 0.05) is 12.4 Å². The summed E-state index contributed by atoms with van der Waals surface area (Å²) in [5, 5.41) is 2.72. The SMILES string of the molecule is NNc1cccc(C(=O)Nc2ccncc2Br)n1. The largest absolute Gasteiger partial charge is 0.319 e. The molecule has 0 spiro atoms. The van der Waals surface area contributed by atoms with Crippen LogP contribution in [0.5, 0.6) is 0 Å². The summed E-state index contributed by atoms with van der Waals surface area (Å²) in [5.41, 5.74) is 3.29. The molecule has 0 saturated carbocycles. The summed E-state index contributed by atoms with van der Waals surface area (Å²) in [6, 6.07) is 6.65. The zero-order chi connectivity index (χ0) is 13.0. The minimum atomic E-state index is -0.320. The van der Waals surface area contributed by atoms with Gasteiger partial charge in [0.1, 0.15) is 11.5 Å². The van der Waals surface area contributed by atoms with Crippen LogP contribution in [0.25, 0.3) is 0 Å². The van der Waals surface area contributed by atoms with Crippen molar-refractivity contribution in [2.45, 2.75) is 0 Å². The molecule has 2 aromatic rings. The van der Waals surface area contributed by atoms with Crippen molar-refractivity contribution < 1.29 is 4.79 Å². The Bertz CT molecular complexity index is 575. The topological polar surface area (TPSA) is 92.9 Å². The van der Waals surface area contributed by atoms with Crippen LogP contribution in [0.3, 0.4) is 0 Å². The summed E-state index contributed by atoms with van der Waals surface area (Å²) >= 11 is 3.30. The van der Waals surface area contributed by atoms with E-state index in [0.29, 0.717) is 16.0 Å². The highest BCUT2D eigenvalue weighted by Gasteiger charge is 2.09. The standard InChI is InChI=1S/C11H10BrN5O/c12-7-6-14-5-4-8(7)16-11(18)9-2-1-3-10(15-9)17-13/h1-6H,13H2,(H,15,17)(H,14,16,18). The van der Waals surface area contributed by atoms with Crippen molar-refractivity contribution >= 4 is 33.3 Å². The number of nitrogens with one attached hydrogen (secondary N) is 2. The van der Waals surface area contributed by atoms with E-state index in [2.05, 4.69) is 36.6 Å². The fraction of sp³-hybridized carbons (Fsp3) is 0. The van der Waals surface area contributed by atoms with Crippen LogP contribution in [0.2, 0.25) is 0 Å². The second-order valence-corrected chi connectivity index (χ2v) is 4.22. The first-order chi connectivity index (χ1) is 8.70. The number of anilines is 2. The number of hydrazine groups is 1. The lowest BCUT2D eigenvalue weighted by atomic mass is 10.3. The molecule has 92 valence electrons. The Kier molecular flexibility index (Phi) is 3.85. The normalized spacial score (nSPS) is 9.89. The molecule has 7 heteroatoms. The Morgan fingerprint density at radius 3 is 2.89 bits per heavy atom. The van der Waals surface area contributed by atoms with Gasteiger partial charge in [-0.05, 0) is 34.1 Å². The lowest BCUT2D eigenvalue weighted by Gasteiger charge is -2.07. The second kappa shape index (κ2) is 5.56. The third kappa shape index (κ3) is 2.82. The second-order valence-electron chi connectivity index (χ2n) is 3.36. The number of pyridine rings is 2. The Morgan fingerprint density at radius 1 is 1.33 bits per heavy atom. The molecule has 0 bridgehead atoms. The molecule has 4 N–H and O–H groups in total. The third-order valence-electron chi connectivity index (χ3n) is 2.15. The van der Waals surface area contributed by atoms with Crippen molar-refractivity contribution in [3.8, 4) is 0 Å². The number of aromatic nitrogens is 2. The van der Waals surface area contributed by atoms with Crippen molar-refractivity contribution in [1.29, 1.82) is 0 Å². The first-order valence-electron chi connectivity index (χ1n) is 5.05. The molecule has 0 aromatic carbocycles. The van der Waals surface area contributed by atoms with Crippen molar-refractivity contribution in [3.05, 3.63) is 46.8 Å². The first-order valence-corrected chi connectivity index (χ1v) is 5.84. The molecule has 0 unspecified atom stereocenters. The maximum Gasteiger partial charge on any atom is 0.274 e. The van der Waals surface area contributed by atoms with Gasteiger partial charge in [0.15, 0.2) is 0 Å². The minimum Gasteiger partial charge on any atom is -0.319 e. The van der Waals surface area contributed by atoms with E-state index in [1.54, 1.807) is 36.7 Å². The van der Waals surface area contributed by atoms with Crippen molar-refractivity contribution in [2.24, 2.45) is 5.84 Å². The molecule has 0 fully saturated rings. The summed E-state index contributed by atoms with van der Waals surface area (Å²) in [5.74, 6) is 5.34.